The Kier molecular flexibility index (Phi) is 9.59. The standard InChI is InChI=1S/C13H13NO3.2C2H6/c1-9-10(2)14-17-12(9)8-16-13(15)11-6-4-3-5-7-11;2*1-2/h3-7H,8H2,1-2H3;2*1-2H3. The minimum Gasteiger partial charge on any atom is -0.454 e. The van der Waals surface area contributed by atoms with Gasteiger partial charge in [-0.3, -0.25) is 0 Å². The van der Waals surface area contributed by atoms with E-state index in [0.29, 0.717) is 11.3 Å². The number of esters is 1. The van der Waals surface area contributed by atoms with E-state index in [9.17, 15) is 4.79 Å². The third-order valence-electron chi connectivity index (χ3n) is 2.60. The molecule has 4 nitrogen and oxygen atoms in total. The maximum absolute atomic E-state index is 11.7. The van der Waals surface area contributed by atoms with E-state index in [-0.39, 0.29) is 12.6 Å². The van der Waals surface area contributed by atoms with Gasteiger partial charge in [-0.2, -0.15) is 0 Å². The molecular weight excluding hydrogens is 266 g/mol. The maximum atomic E-state index is 11.7. The van der Waals surface area contributed by atoms with Crippen molar-refractivity contribution in [2.75, 3.05) is 0 Å². The van der Waals surface area contributed by atoms with Crippen LogP contribution in [-0.2, 0) is 11.3 Å². The Bertz CT molecular complexity index is 518. The number of hydrogen-bond acceptors (Lipinski definition) is 4. The van der Waals surface area contributed by atoms with Gasteiger partial charge in [-0.1, -0.05) is 51.1 Å². The number of hydrogen-bond donors (Lipinski definition) is 0. The first-order chi connectivity index (χ1) is 10.2. The van der Waals surface area contributed by atoms with E-state index in [1.54, 1.807) is 24.3 Å². The number of carbonyl (C=O) groups excluding carboxylic acids is 1. The lowest BCUT2D eigenvalue weighted by atomic mass is 10.2. The van der Waals surface area contributed by atoms with Crippen LogP contribution in [0.1, 0.15) is 55.1 Å². The average Bonchev–Trinajstić information content (AvgIpc) is 2.89. The van der Waals surface area contributed by atoms with Crippen molar-refractivity contribution in [1.29, 1.82) is 0 Å². The minimum absolute atomic E-state index is 0.112. The van der Waals surface area contributed by atoms with Gasteiger partial charge in [0.1, 0.15) is 0 Å². The number of ether oxygens (including phenoxy) is 1. The van der Waals surface area contributed by atoms with Crippen molar-refractivity contribution in [1.82, 2.24) is 5.16 Å². The zero-order chi connectivity index (χ0) is 16.3. The molecule has 0 saturated heterocycles. The Morgan fingerprint density at radius 3 is 2.14 bits per heavy atom. The highest BCUT2D eigenvalue weighted by Gasteiger charge is 2.12. The molecule has 0 atom stereocenters. The molecule has 0 bridgehead atoms. The van der Waals surface area contributed by atoms with Gasteiger partial charge >= 0.3 is 5.97 Å². The van der Waals surface area contributed by atoms with Gasteiger partial charge in [-0.15, -0.1) is 0 Å². The van der Waals surface area contributed by atoms with Crippen molar-refractivity contribution in [3.63, 3.8) is 0 Å². The first kappa shape index (κ1) is 18.9. The molecule has 21 heavy (non-hydrogen) atoms. The minimum atomic E-state index is -0.362. The summed E-state index contributed by atoms with van der Waals surface area (Å²) in [5, 5.41) is 3.80. The van der Waals surface area contributed by atoms with Crippen LogP contribution >= 0.6 is 0 Å². The van der Waals surface area contributed by atoms with E-state index in [0.717, 1.165) is 11.3 Å². The summed E-state index contributed by atoms with van der Waals surface area (Å²) < 4.78 is 10.2. The van der Waals surface area contributed by atoms with Gasteiger partial charge in [-0.05, 0) is 26.0 Å². The van der Waals surface area contributed by atoms with E-state index in [2.05, 4.69) is 5.16 Å². The Morgan fingerprint density at radius 2 is 1.67 bits per heavy atom. The second kappa shape index (κ2) is 10.7. The van der Waals surface area contributed by atoms with Gasteiger partial charge in [0.25, 0.3) is 0 Å². The largest absolute Gasteiger partial charge is 0.454 e. The summed E-state index contributed by atoms with van der Waals surface area (Å²) in [6.07, 6.45) is 0. The highest BCUT2D eigenvalue weighted by molar-refractivity contribution is 5.89. The molecule has 0 radical (unpaired) electrons. The summed E-state index contributed by atoms with van der Waals surface area (Å²) in [5.41, 5.74) is 2.27. The van der Waals surface area contributed by atoms with Gasteiger partial charge in [-0.25, -0.2) is 4.79 Å². The lowest BCUT2D eigenvalue weighted by Crippen LogP contribution is -2.05. The monoisotopic (exact) mass is 291 g/mol. The van der Waals surface area contributed by atoms with E-state index in [1.807, 2.05) is 47.6 Å². The Labute approximate surface area is 127 Å². The highest BCUT2D eigenvalue weighted by atomic mass is 16.5. The first-order valence-corrected chi connectivity index (χ1v) is 7.32. The van der Waals surface area contributed by atoms with Gasteiger partial charge in [0.15, 0.2) is 12.4 Å². The van der Waals surface area contributed by atoms with Gasteiger partial charge < -0.3 is 9.26 Å². The number of nitrogens with zero attached hydrogens (tertiary/aromatic N) is 1. The summed E-state index contributed by atoms with van der Waals surface area (Å²) in [7, 11) is 0. The van der Waals surface area contributed by atoms with Crippen LogP contribution in [0.2, 0.25) is 0 Å². The predicted molar refractivity (Wildman–Crippen MR) is 84.2 cm³/mol. The Morgan fingerprint density at radius 1 is 1.10 bits per heavy atom. The van der Waals surface area contributed by atoms with Crippen molar-refractivity contribution in [2.24, 2.45) is 0 Å². The topological polar surface area (TPSA) is 52.3 Å². The molecule has 1 heterocycles. The molecule has 1 aromatic carbocycles. The molecule has 0 spiro atoms. The molecule has 4 heteroatoms. The predicted octanol–water partition coefficient (Wildman–Crippen LogP) is 4.70. The third kappa shape index (κ3) is 5.81. The van der Waals surface area contributed by atoms with Crippen molar-refractivity contribution in [2.45, 2.75) is 48.1 Å². The second-order valence-corrected chi connectivity index (χ2v) is 3.76. The van der Waals surface area contributed by atoms with Crippen LogP contribution in [0.3, 0.4) is 0 Å². The molecular formula is C17H25NO3. The Hall–Kier alpha value is -2.10. The second-order valence-electron chi connectivity index (χ2n) is 3.76. The molecule has 2 rings (SSSR count). The molecule has 0 aliphatic rings. The summed E-state index contributed by atoms with van der Waals surface area (Å²) in [4.78, 5) is 11.7. The van der Waals surface area contributed by atoms with Crippen molar-refractivity contribution < 1.29 is 14.1 Å². The fraction of sp³-hybridized carbons (Fsp3) is 0.412. The number of carbonyl (C=O) groups is 1. The number of aryl methyl sites for hydroxylation is 1. The van der Waals surface area contributed by atoms with E-state index >= 15 is 0 Å². The quantitative estimate of drug-likeness (QED) is 0.769. The molecule has 0 N–H and O–H groups in total. The van der Waals surface area contributed by atoms with E-state index in [1.165, 1.54) is 0 Å². The molecule has 0 aliphatic heterocycles. The summed E-state index contributed by atoms with van der Waals surface area (Å²) in [5.74, 6) is 0.228. The van der Waals surface area contributed by atoms with E-state index < -0.39 is 0 Å². The molecule has 2 aromatic rings. The maximum Gasteiger partial charge on any atom is 0.338 e. The zero-order valence-corrected chi connectivity index (χ0v) is 13.8. The first-order valence-electron chi connectivity index (χ1n) is 7.32. The molecule has 0 saturated carbocycles. The summed E-state index contributed by atoms with van der Waals surface area (Å²) in [6, 6.07) is 8.85. The number of benzene rings is 1. The molecule has 0 fully saturated rings. The summed E-state index contributed by atoms with van der Waals surface area (Å²) >= 11 is 0. The van der Waals surface area contributed by atoms with Crippen LogP contribution in [0.15, 0.2) is 34.9 Å². The molecule has 0 aliphatic carbocycles. The molecule has 1 aromatic heterocycles. The smallest absolute Gasteiger partial charge is 0.338 e. The van der Waals surface area contributed by atoms with Gasteiger partial charge in [0.2, 0.25) is 0 Å². The zero-order valence-electron chi connectivity index (χ0n) is 13.8. The summed E-state index contributed by atoms with van der Waals surface area (Å²) in [6.45, 7) is 11.8. The van der Waals surface area contributed by atoms with Gasteiger partial charge in [0, 0.05) is 5.56 Å². The molecule has 0 amide bonds. The molecule has 116 valence electrons. The normalized spacial score (nSPS) is 8.86. The fourth-order valence-corrected chi connectivity index (χ4v) is 1.39. The number of aromatic nitrogens is 1. The van der Waals surface area contributed by atoms with Crippen LogP contribution in [0.4, 0.5) is 0 Å². The van der Waals surface area contributed by atoms with Crippen LogP contribution in [-0.4, -0.2) is 11.1 Å². The lowest BCUT2D eigenvalue weighted by molar-refractivity contribution is 0.0436. The van der Waals surface area contributed by atoms with Gasteiger partial charge in [0.05, 0.1) is 11.3 Å². The van der Waals surface area contributed by atoms with Crippen LogP contribution in [0.5, 0.6) is 0 Å². The van der Waals surface area contributed by atoms with Crippen LogP contribution in [0.25, 0.3) is 0 Å². The van der Waals surface area contributed by atoms with E-state index in [4.69, 9.17) is 9.26 Å². The fourth-order valence-electron chi connectivity index (χ4n) is 1.39. The van der Waals surface area contributed by atoms with Crippen molar-refractivity contribution >= 4 is 5.97 Å². The third-order valence-corrected chi connectivity index (χ3v) is 2.60. The Balaban J connectivity index is 0.000000921. The SMILES string of the molecule is CC.CC.Cc1noc(COC(=O)c2ccccc2)c1C. The average molecular weight is 291 g/mol. The van der Waals surface area contributed by atoms with Crippen molar-refractivity contribution in [3.05, 3.63) is 52.9 Å². The number of rotatable bonds is 3. The lowest BCUT2D eigenvalue weighted by Gasteiger charge is -2.02. The molecule has 0 unspecified atom stereocenters. The highest BCUT2D eigenvalue weighted by Crippen LogP contribution is 2.13. The van der Waals surface area contributed by atoms with Crippen LogP contribution in [0, 0.1) is 13.8 Å². The van der Waals surface area contributed by atoms with Crippen LogP contribution < -0.4 is 0 Å². The van der Waals surface area contributed by atoms with Crippen molar-refractivity contribution in [3.8, 4) is 0 Å².